The van der Waals surface area contributed by atoms with Gasteiger partial charge in [-0.15, -0.1) is 0 Å². The summed E-state index contributed by atoms with van der Waals surface area (Å²) >= 11 is 0. The summed E-state index contributed by atoms with van der Waals surface area (Å²) in [5.41, 5.74) is -0.127. The number of benzene rings is 2. The Morgan fingerprint density at radius 1 is 1.00 bits per heavy atom. The minimum Gasteiger partial charge on any atom is -0.494 e. The van der Waals surface area contributed by atoms with E-state index >= 15 is 0 Å². The lowest BCUT2D eigenvalue weighted by atomic mass is 9.94. The maximum absolute atomic E-state index is 12.0. The number of rotatable bonds is 2. The average molecular weight is 320 g/mol. The summed E-state index contributed by atoms with van der Waals surface area (Å²) in [5.74, 6) is -0.370. The Morgan fingerprint density at radius 2 is 1.75 bits per heavy atom. The molecule has 120 valence electrons. The molecule has 0 saturated heterocycles. The van der Waals surface area contributed by atoms with Crippen molar-refractivity contribution in [1.82, 2.24) is 9.97 Å². The van der Waals surface area contributed by atoms with Crippen LogP contribution in [0.15, 0.2) is 39.9 Å². The van der Waals surface area contributed by atoms with E-state index in [1.165, 1.54) is 10.6 Å². The SMILES string of the molecule is O=c1[nH]c(O)c(Cc2cc3ccccc3c3c2=CCCC=3)c(=O)[nH]1. The summed E-state index contributed by atoms with van der Waals surface area (Å²) < 4.78 is 0. The Balaban J connectivity index is 2.00. The molecule has 0 atom stereocenters. The Labute approximate surface area is 136 Å². The molecular formula is C19H16N2O3. The van der Waals surface area contributed by atoms with E-state index in [-0.39, 0.29) is 17.9 Å². The van der Waals surface area contributed by atoms with Gasteiger partial charge < -0.3 is 5.11 Å². The molecule has 0 bridgehead atoms. The third-order valence-electron chi connectivity index (χ3n) is 4.47. The van der Waals surface area contributed by atoms with Crippen molar-refractivity contribution in [2.45, 2.75) is 19.3 Å². The fourth-order valence-electron chi connectivity index (χ4n) is 3.37. The molecule has 3 N–H and O–H groups in total. The first kappa shape index (κ1) is 14.5. The minimum absolute atomic E-state index is 0.172. The van der Waals surface area contributed by atoms with E-state index in [1.54, 1.807) is 0 Å². The van der Waals surface area contributed by atoms with E-state index in [4.69, 9.17) is 0 Å². The minimum atomic E-state index is -0.707. The van der Waals surface area contributed by atoms with E-state index in [0.717, 1.165) is 29.0 Å². The van der Waals surface area contributed by atoms with Crippen molar-refractivity contribution in [3.8, 4) is 5.88 Å². The van der Waals surface area contributed by atoms with Crippen LogP contribution in [0.2, 0.25) is 0 Å². The molecule has 5 nitrogen and oxygen atoms in total. The zero-order valence-electron chi connectivity index (χ0n) is 12.9. The molecule has 1 aliphatic carbocycles. The number of hydrogen-bond donors (Lipinski definition) is 3. The standard InChI is InChI=1S/C19H16N2O3/c22-17-16(18(23)21-19(24)20-17)10-12-9-11-5-1-2-6-13(11)15-8-4-3-7-14(12)15/h1-2,5-9H,3-4,10H2,(H3,20,21,22,23,24). The second-order valence-corrected chi connectivity index (χ2v) is 5.98. The predicted octanol–water partition coefficient (Wildman–Crippen LogP) is 0.868. The molecule has 1 heterocycles. The fraction of sp³-hybridized carbons (Fsp3) is 0.158. The molecule has 3 aromatic rings. The molecule has 0 unspecified atom stereocenters. The molecular weight excluding hydrogens is 304 g/mol. The Hall–Kier alpha value is -3.08. The van der Waals surface area contributed by atoms with Crippen LogP contribution in [0, 0.1) is 0 Å². The molecule has 1 aliphatic rings. The second-order valence-electron chi connectivity index (χ2n) is 5.98. The monoisotopic (exact) mass is 320 g/mol. The molecule has 0 amide bonds. The molecule has 5 heteroatoms. The van der Waals surface area contributed by atoms with Gasteiger partial charge in [0.15, 0.2) is 0 Å². The van der Waals surface area contributed by atoms with E-state index < -0.39 is 11.2 Å². The molecule has 0 fully saturated rings. The second kappa shape index (κ2) is 5.53. The first-order valence-corrected chi connectivity index (χ1v) is 7.89. The van der Waals surface area contributed by atoms with Crippen LogP contribution < -0.4 is 21.7 Å². The van der Waals surface area contributed by atoms with E-state index in [0.29, 0.717) is 0 Å². The molecule has 24 heavy (non-hydrogen) atoms. The summed E-state index contributed by atoms with van der Waals surface area (Å²) in [6.07, 6.45) is 6.60. The Kier molecular flexibility index (Phi) is 3.34. The van der Waals surface area contributed by atoms with Crippen LogP contribution in [0.4, 0.5) is 0 Å². The van der Waals surface area contributed by atoms with Gasteiger partial charge in [-0.1, -0.05) is 42.5 Å². The highest BCUT2D eigenvalue weighted by atomic mass is 16.3. The number of fused-ring (bicyclic) bond motifs is 3. The van der Waals surface area contributed by atoms with Gasteiger partial charge >= 0.3 is 5.69 Å². The highest BCUT2D eigenvalue weighted by Crippen LogP contribution is 2.15. The summed E-state index contributed by atoms with van der Waals surface area (Å²) in [6, 6.07) is 10.2. The van der Waals surface area contributed by atoms with Crippen LogP contribution in [0.25, 0.3) is 22.9 Å². The summed E-state index contributed by atoms with van der Waals surface area (Å²) in [7, 11) is 0. The van der Waals surface area contributed by atoms with Crippen molar-refractivity contribution in [2.24, 2.45) is 0 Å². The van der Waals surface area contributed by atoms with Gasteiger partial charge in [-0.25, -0.2) is 4.79 Å². The van der Waals surface area contributed by atoms with Crippen LogP contribution in [0.1, 0.15) is 24.0 Å². The third kappa shape index (κ3) is 2.34. The van der Waals surface area contributed by atoms with E-state index in [1.807, 2.05) is 24.3 Å². The van der Waals surface area contributed by atoms with Crippen molar-refractivity contribution < 1.29 is 5.11 Å². The molecule has 0 spiro atoms. The van der Waals surface area contributed by atoms with Crippen LogP contribution in [0.5, 0.6) is 5.88 Å². The normalized spacial score (nSPS) is 13.2. The summed E-state index contributed by atoms with van der Waals surface area (Å²) in [6.45, 7) is 0. The van der Waals surface area contributed by atoms with Gasteiger partial charge in [0, 0.05) is 6.42 Å². The quantitative estimate of drug-likeness (QED) is 0.655. The molecule has 4 rings (SSSR count). The summed E-state index contributed by atoms with van der Waals surface area (Å²) in [4.78, 5) is 27.7. The van der Waals surface area contributed by atoms with E-state index in [2.05, 4.69) is 28.2 Å². The largest absolute Gasteiger partial charge is 0.494 e. The maximum atomic E-state index is 12.0. The Bertz CT molecular complexity index is 1190. The molecule has 0 aliphatic heterocycles. The zero-order valence-corrected chi connectivity index (χ0v) is 12.9. The third-order valence-corrected chi connectivity index (χ3v) is 4.47. The lowest BCUT2D eigenvalue weighted by Crippen LogP contribution is -2.33. The van der Waals surface area contributed by atoms with Crippen LogP contribution in [-0.4, -0.2) is 15.1 Å². The van der Waals surface area contributed by atoms with Crippen LogP contribution >= 0.6 is 0 Å². The van der Waals surface area contributed by atoms with Crippen molar-refractivity contribution in [1.29, 1.82) is 0 Å². The highest BCUT2D eigenvalue weighted by molar-refractivity contribution is 5.85. The fourth-order valence-corrected chi connectivity index (χ4v) is 3.37. The van der Waals surface area contributed by atoms with Gasteiger partial charge in [0.1, 0.15) is 0 Å². The predicted molar refractivity (Wildman–Crippen MR) is 93.5 cm³/mol. The number of nitrogens with one attached hydrogen (secondary N) is 2. The molecule has 2 aromatic carbocycles. The van der Waals surface area contributed by atoms with Gasteiger partial charge in [0.05, 0.1) is 5.56 Å². The number of hydrogen-bond acceptors (Lipinski definition) is 3. The lowest BCUT2D eigenvalue weighted by molar-refractivity contribution is 0.441. The van der Waals surface area contributed by atoms with E-state index in [9.17, 15) is 14.7 Å². The van der Waals surface area contributed by atoms with Crippen molar-refractivity contribution in [3.63, 3.8) is 0 Å². The first-order chi connectivity index (χ1) is 11.6. The van der Waals surface area contributed by atoms with Gasteiger partial charge in [0.25, 0.3) is 5.56 Å². The van der Waals surface area contributed by atoms with Gasteiger partial charge in [-0.3, -0.25) is 14.8 Å². The smallest absolute Gasteiger partial charge is 0.328 e. The van der Waals surface area contributed by atoms with Crippen LogP contribution in [-0.2, 0) is 6.42 Å². The number of H-pyrrole nitrogens is 2. The first-order valence-electron chi connectivity index (χ1n) is 7.89. The number of aromatic hydroxyl groups is 1. The molecule has 0 radical (unpaired) electrons. The summed E-state index contributed by atoms with van der Waals surface area (Å²) in [5, 5.41) is 14.5. The maximum Gasteiger partial charge on any atom is 0.328 e. The molecule has 0 saturated carbocycles. The number of aromatic amines is 2. The Morgan fingerprint density at radius 3 is 2.54 bits per heavy atom. The van der Waals surface area contributed by atoms with Gasteiger partial charge in [-0.05, 0) is 39.6 Å². The zero-order chi connectivity index (χ0) is 16.7. The van der Waals surface area contributed by atoms with Gasteiger partial charge in [0.2, 0.25) is 5.88 Å². The lowest BCUT2D eigenvalue weighted by Gasteiger charge is -2.11. The topological polar surface area (TPSA) is 85.9 Å². The van der Waals surface area contributed by atoms with Crippen LogP contribution in [0.3, 0.4) is 0 Å². The highest BCUT2D eigenvalue weighted by Gasteiger charge is 2.12. The van der Waals surface area contributed by atoms with Crippen molar-refractivity contribution in [2.75, 3.05) is 0 Å². The van der Waals surface area contributed by atoms with Gasteiger partial charge in [-0.2, -0.15) is 0 Å². The average Bonchev–Trinajstić information content (AvgIpc) is 2.58. The number of aromatic nitrogens is 2. The van der Waals surface area contributed by atoms with Crippen molar-refractivity contribution >= 4 is 22.9 Å². The van der Waals surface area contributed by atoms with Crippen molar-refractivity contribution in [3.05, 3.63) is 72.7 Å². The molecule has 1 aromatic heterocycles.